The first-order chi connectivity index (χ1) is 15.0. The van der Waals surface area contributed by atoms with Crippen LogP contribution >= 0.6 is 0 Å². The van der Waals surface area contributed by atoms with Gasteiger partial charge in [-0.2, -0.15) is 0 Å². The lowest BCUT2D eigenvalue weighted by Crippen LogP contribution is -2.40. The predicted molar refractivity (Wildman–Crippen MR) is 119 cm³/mol. The second-order valence-corrected chi connectivity index (χ2v) is 7.98. The highest BCUT2D eigenvalue weighted by Crippen LogP contribution is 2.17. The minimum atomic E-state index is -0.893. The molecule has 2 aromatic carbocycles. The Kier molecular flexibility index (Phi) is 7.82. The van der Waals surface area contributed by atoms with Crippen LogP contribution in [0.1, 0.15) is 58.9 Å². The van der Waals surface area contributed by atoms with Crippen molar-refractivity contribution >= 4 is 17.8 Å². The fourth-order valence-electron chi connectivity index (χ4n) is 3.80. The molecule has 0 aliphatic carbocycles. The van der Waals surface area contributed by atoms with E-state index >= 15 is 0 Å². The van der Waals surface area contributed by atoms with E-state index in [4.69, 9.17) is 4.74 Å². The molecule has 164 valence electrons. The Balaban J connectivity index is 1.69. The van der Waals surface area contributed by atoms with Crippen molar-refractivity contribution in [1.82, 2.24) is 9.80 Å². The molecule has 1 saturated heterocycles. The Morgan fingerprint density at radius 2 is 1.48 bits per heavy atom. The van der Waals surface area contributed by atoms with Crippen LogP contribution in [0.4, 0.5) is 0 Å². The Labute approximate surface area is 183 Å². The molecular formula is C25H30N2O4. The maximum absolute atomic E-state index is 13.0. The van der Waals surface area contributed by atoms with Crippen molar-refractivity contribution in [2.24, 2.45) is 0 Å². The monoisotopic (exact) mass is 422 g/mol. The molecule has 2 amide bonds. The van der Waals surface area contributed by atoms with E-state index in [2.05, 4.69) is 0 Å². The highest BCUT2D eigenvalue weighted by atomic mass is 16.5. The number of amides is 2. The number of benzene rings is 2. The van der Waals surface area contributed by atoms with Gasteiger partial charge in [0.05, 0.1) is 11.1 Å². The molecule has 0 N–H and O–H groups in total. The van der Waals surface area contributed by atoms with Crippen LogP contribution in [-0.2, 0) is 16.1 Å². The fraction of sp³-hybridized carbons (Fsp3) is 0.400. The average Bonchev–Trinajstić information content (AvgIpc) is 3.08. The third kappa shape index (κ3) is 5.94. The summed E-state index contributed by atoms with van der Waals surface area (Å²) in [5.41, 5.74) is 1.43. The van der Waals surface area contributed by atoms with Crippen molar-refractivity contribution in [2.45, 2.75) is 45.3 Å². The smallest absolute Gasteiger partial charge is 0.339 e. The standard InChI is InChI=1S/C25H30N2O4/c1-19(23(28)27-16-10-3-4-11-17-27)31-25(30)22-15-9-8-14-21(22)24(29)26(2)18-20-12-6-5-7-13-20/h5-9,12-15,19H,3-4,10-11,16-18H2,1-2H3/t19-/m0/s1. The summed E-state index contributed by atoms with van der Waals surface area (Å²) in [5, 5.41) is 0. The summed E-state index contributed by atoms with van der Waals surface area (Å²) in [7, 11) is 1.70. The molecule has 0 spiro atoms. The molecular weight excluding hydrogens is 392 g/mol. The van der Waals surface area contributed by atoms with Crippen LogP contribution in [0.15, 0.2) is 54.6 Å². The lowest BCUT2D eigenvalue weighted by molar-refractivity contribution is -0.139. The molecule has 0 unspecified atom stereocenters. The number of carbonyl (C=O) groups is 3. The Bertz CT molecular complexity index is 905. The lowest BCUT2D eigenvalue weighted by atomic mass is 10.1. The van der Waals surface area contributed by atoms with Gasteiger partial charge in [-0.25, -0.2) is 4.79 Å². The van der Waals surface area contributed by atoms with Gasteiger partial charge in [0.25, 0.3) is 11.8 Å². The van der Waals surface area contributed by atoms with Gasteiger partial charge in [0.2, 0.25) is 0 Å². The zero-order valence-corrected chi connectivity index (χ0v) is 18.3. The summed E-state index contributed by atoms with van der Waals surface area (Å²) in [4.78, 5) is 41.9. The van der Waals surface area contributed by atoms with Crippen molar-refractivity contribution in [1.29, 1.82) is 0 Å². The van der Waals surface area contributed by atoms with Crippen molar-refractivity contribution in [3.8, 4) is 0 Å². The van der Waals surface area contributed by atoms with Crippen molar-refractivity contribution in [3.63, 3.8) is 0 Å². The van der Waals surface area contributed by atoms with Gasteiger partial charge in [-0.1, -0.05) is 55.3 Å². The largest absolute Gasteiger partial charge is 0.449 e. The molecule has 1 heterocycles. The first-order valence-electron chi connectivity index (χ1n) is 10.9. The van der Waals surface area contributed by atoms with Gasteiger partial charge in [-0.15, -0.1) is 0 Å². The first-order valence-corrected chi connectivity index (χ1v) is 10.9. The molecule has 0 bridgehead atoms. The summed E-state index contributed by atoms with van der Waals surface area (Å²) < 4.78 is 5.48. The van der Waals surface area contributed by atoms with Crippen molar-refractivity contribution < 1.29 is 19.1 Å². The molecule has 0 aromatic heterocycles. The number of hydrogen-bond acceptors (Lipinski definition) is 4. The van der Waals surface area contributed by atoms with Gasteiger partial charge in [0.1, 0.15) is 0 Å². The summed E-state index contributed by atoms with van der Waals surface area (Å²) in [6, 6.07) is 16.2. The Hall–Kier alpha value is -3.15. The average molecular weight is 423 g/mol. The van der Waals surface area contributed by atoms with Gasteiger partial charge in [-0.05, 0) is 37.5 Å². The van der Waals surface area contributed by atoms with Crippen LogP contribution in [0.5, 0.6) is 0 Å². The van der Waals surface area contributed by atoms with E-state index in [0.717, 1.165) is 31.2 Å². The molecule has 31 heavy (non-hydrogen) atoms. The quantitative estimate of drug-likeness (QED) is 0.662. The highest BCUT2D eigenvalue weighted by Gasteiger charge is 2.27. The molecule has 1 fully saturated rings. The molecule has 1 aliphatic rings. The first kappa shape index (κ1) is 22.5. The molecule has 0 saturated carbocycles. The van der Waals surface area contributed by atoms with Gasteiger partial charge in [-0.3, -0.25) is 9.59 Å². The fourth-order valence-corrected chi connectivity index (χ4v) is 3.80. The lowest BCUT2D eigenvalue weighted by Gasteiger charge is -2.24. The van der Waals surface area contributed by atoms with Crippen LogP contribution < -0.4 is 0 Å². The van der Waals surface area contributed by atoms with Crippen LogP contribution in [0.2, 0.25) is 0 Å². The molecule has 2 aromatic rings. The van der Waals surface area contributed by atoms with Crippen molar-refractivity contribution in [3.05, 3.63) is 71.3 Å². The second-order valence-electron chi connectivity index (χ2n) is 7.98. The Morgan fingerprint density at radius 1 is 0.903 bits per heavy atom. The molecule has 6 nitrogen and oxygen atoms in total. The van der Waals surface area contributed by atoms with E-state index < -0.39 is 12.1 Å². The third-order valence-corrected chi connectivity index (χ3v) is 5.54. The van der Waals surface area contributed by atoms with Crippen molar-refractivity contribution in [2.75, 3.05) is 20.1 Å². The SMILES string of the molecule is C[C@H](OC(=O)c1ccccc1C(=O)N(C)Cc1ccccc1)C(=O)N1CCCCCC1. The van der Waals surface area contributed by atoms with Crippen LogP contribution in [-0.4, -0.2) is 53.8 Å². The summed E-state index contributed by atoms with van der Waals surface area (Å²) in [6.07, 6.45) is 3.28. The number of rotatable bonds is 6. The molecule has 1 atom stereocenters. The van der Waals surface area contributed by atoms with E-state index in [1.165, 1.54) is 0 Å². The Morgan fingerprint density at radius 3 is 2.13 bits per heavy atom. The molecule has 1 aliphatic heterocycles. The van der Waals surface area contributed by atoms with Gasteiger partial charge < -0.3 is 14.5 Å². The minimum absolute atomic E-state index is 0.169. The second kappa shape index (κ2) is 10.8. The minimum Gasteiger partial charge on any atom is -0.449 e. The summed E-state index contributed by atoms with van der Waals surface area (Å²) in [5.74, 6) is -1.11. The zero-order valence-electron chi connectivity index (χ0n) is 18.3. The number of carbonyl (C=O) groups excluding carboxylic acids is 3. The number of likely N-dealkylation sites (tertiary alicyclic amines) is 1. The molecule has 3 rings (SSSR count). The molecule has 0 radical (unpaired) electrons. The number of hydrogen-bond donors (Lipinski definition) is 0. The van der Waals surface area contributed by atoms with Gasteiger partial charge in [0.15, 0.2) is 6.10 Å². The number of ether oxygens (including phenoxy) is 1. The maximum Gasteiger partial charge on any atom is 0.339 e. The van der Waals surface area contributed by atoms with Crippen LogP contribution in [0.3, 0.4) is 0 Å². The van der Waals surface area contributed by atoms with Gasteiger partial charge in [0, 0.05) is 26.7 Å². The summed E-state index contributed by atoms with van der Waals surface area (Å²) in [6.45, 7) is 3.41. The number of esters is 1. The molecule has 6 heteroatoms. The topological polar surface area (TPSA) is 66.9 Å². The van der Waals surface area contributed by atoms with Crippen LogP contribution in [0.25, 0.3) is 0 Å². The van der Waals surface area contributed by atoms with Gasteiger partial charge >= 0.3 is 5.97 Å². The predicted octanol–water partition coefficient (Wildman–Crippen LogP) is 3.91. The zero-order chi connectivity index (χ0) is 22.2. The normalized spacial score (nSPS) is 15.0. The van der Waals surface area contributed by atoms with E-state index in [1.54, 1.807) is 48.0 Å². The van der Waals surface area contributed by atoms with E-state index in [1.807, 2.05) is 30.3 Å². The van der Waals surface area contributed by atoms with E-state index in [0.29, 0.717) is 19.6 Å². The summed E-state index contributed by atoms with van der Waals surface area (Å²) >= 11 is 0. The van der Waals surface area contributed by atoms with E-state index in [9.17, 15) is 14.4 Å². The van der Waals surface area contributed by atoms with Crippen LogP contribution in [0, 0.1) is 0 Å². The third-order valence-electron chi connectivity index (χ3n) is 5.54. The number of nitrogens with zero attached hydrogens (tertiary/aromatic N) is 2. The highest BCUT2D eigenvalue weighted by molar-refractivity contribution is 6.05. The maximum atomic E-state index is 13.0. The van der Waals surface area contributed by atoms with E-state index in [-0.39, 0.29) is 22.9 Å².